The molecule has 2 aliphatic rings. The summed E-state index contributed by atoms with van der Waals surface area (Å²) in [5, 5.41) is 0. The third kappa shape index (κ3) is 2.58. The van der Waals surface area contributed by atoms with E-state index in [0.717, 1.165) is 25.8 Å². The SMILES string of the molecule is CCOCCN1CCC2(C1)CN(C(C)C)C2. The van der Waals surface area contributed by atoms with Crippen molar-refractivity contribution >= 4 is 0 Å². The van der Waals surface area contributed by atoms with Gasteiger partial charge in [-0.3, -0.25) is 4.90 Å². The summed E-state index contributed by atoms with van der Waals surface area (Å²) in [7, 11) is 0. The van der Waals surface area contributed by atoms with Crippen LogP contribution in [0.5, 0.6) is 0 Å². The molecule has 0 saturated carbocycles. The van der Waals surface area contributed by atoms with E-state index in [1.807, 2.05) is 0 Å². The average Bonchev–Trinajstić information content (AvgIpc) is 2.60. The van der Waals surface area contributed by atoms with E-state index in [4.69, 9.17) is 4.74 Å². The zero-order valence-electron chi connectivity index (χ0n) is 11.0. The molecule has 0 aliphatic carbocycles. The third-order valence-electron chi connectivity index (χ3n) is 4.08. The summed E-state index contributed by atoms with van der Waals surface area (Å²) in [4.78, 5) is 5.17. The molecule has 16 heavy (non-hydrogen) atoms. The van der Waals surface area contributed by atoms with Crippen molar-refractivity contribution in [1.29, 1.82) is 0 Å². The molecule has 0 radical (unpaired) electrons. The minimum atomic E-state index is 0.635. The summed E-state index contributed by atoms with van der Waals surface area (Å²) in [5.74, 6) is 0. The molecule has 0 bridgehead atoms. The largest absolute Gasteiger partial charge is 0.380 e. The van der Waals surface area contributed by atoms with E-state index >= 15 is 0 Å². The molecule has 3 nitrogen and oxygen atoms in total. The van der Waals surface area contributed by atoms with Crippen LogP contribution in [-0.2, 0) is 4.74 Å². The second-order valence-corrected chi connectivity index (χ2v) is 5.72. The number of ether oxygens (including phenoxy) is 1. The van der Waals surface area contributed by atoms with Crippen molar-refractivity contribution in [2.75, 3.05) is 45.9 Å². The Labute approximate surface area is 99.7 Å². The van der Waals surface area contributed by atoms with E-state index in [-0.39, 0.29) is 0 Å². The highest BCUT2D eigenvalue weighted by molar-refractivity contribution is 5.01. The highest BCUT2D eigenvalue weighted by Crippen LogP contribution is 2.40. The fourth-order valence-electron chi connectivity index (χ4n) is 3.00. The van der Waals surface area contributed by atoms with Gasteiger partial charge in [-0.1, -0.05) is 0 Å². The number of likely N-dealkylation sites (tertiary alicyclic amines) is 2. The van der Waals surface area contributed by atoms with E-state index in [0.29, 0.717) is 5.41 Å². The summed E-state index contributed by atoms with van der Waals surface area (Å²) in [5.41, 5.74) is 0.635. The molecule has 2 rings (SSSR count). The minimum Gasteiger partial charge on any atom is -0.380 e. The molecule has 1 spiro atoms. The molecular weight excluding hydrogens is 200 g/mol. The summed E-state index contributed by atoms with van der Waals surface area (Å²) in [6.45, 7) is 14.7. The standard InChI is InChI=1S/C13H26N2O/c1-4-16-8-7-14-6-5-13(9-14)10-15(11-13)12(2)3/h12H,4-11H2,1-3H3. The monoisotopic (exact) mass is 226 g/mol. The van der Waals surface area contributed by atoms with Crippen LogP contribution in [0.1, 0.15) is 27.2 Å². The second-order valence-electron chi connectivity index (χ2n) is 5.72. The molecule has 0 amide bonds. The Bertz CT molecular complexity index is 224. The predicted molar refractivity (Wildman–Crippen MR) is 66.7 cm³/mol. The maximum atomic E-state index is 5.42. The molecule has 0 atom stereocenters. The molecule has 2 fully saturated rings. The van der Waals surface area contributed by atoms with Gasteiger partial charge >= 0.3 is 0 Å². The average molecular weight is 226 g/mol. The van der Waals surface area contributed by atoms with Gasteiger partial charge in [-0.15, -0.1) is 0 Å². The molecule has 0 N–H and O–H groups in total. The zero-order valence-corrected chi connectivity index (χ0v) is 11.0. The molecule has 0 unspecified atom stereocenters. The fraction of sp³-hybridized carbons (Fsp3) is 1.00. The van der Waals surface area contributed by atoms with Gasteiger partial charge in [0.15, 0.2) is 0 Å². The van der Waals surface area contributed by atoms with E-state index < -0.39 is 0 Å². The highest BCUT2D eigenvalue weighted by atomic mass is 16.5. The maximum Gasteiger partial charge on any atom is 0.0593 e. The summed E-state index contributed by atoms with van der Waals surface area (Å²) in [6.07, 6.45) is 1.39. The van der Waals surface area contributed by atoms with Gasteiger partial charge in [0, 0.05) is 44.2 Å². The van der Waals surface area contributed by atoms with E-state index in [1.165, 1.54) is 32.6 Å². The van der Waals surface area contributed by atoms with Crippen molar-refractivity contribution in [1.82, 2.24) is 9.80 Å². The minimum absolute atomic E-state index is 0.635. The van der Waals surface area contributed by atoms with Gasteiger partial charge < -0.3 is 9.64 Å². The number of rotatable bonds is 5. The number of hydrogen-bond donors (Lipinski definition) is 0. The van der Waals surface area contributed by atoms with Crippen molar-refractivity contribution in [3.63, 3.8) is 0 Å². The van der Waals surface area contributed by atoms with Crippen LogP contribution in [0.4, 0.5) is 0 Å². The fourth-order valence-corrected chi connectivity index (χ4v) is 3.00. The van der Waals surface area contributed by atoms with Crippen LogP contribution in [0.25, 0.3) is 0 Å². The first kappa shape index (κ1) is 12.3. The van der Waals surface area contributed by atoms with Crippen molar-refractivity contribution in [2.24, 2.45) is 5.41 Å². The number of hydrogen-bond acceptors (Lipinski definition) is 3. The molecule has 0 aromatic carbocycles. The molecule has 0 aromatic heterocycles. The van der Waals surface area contributed by atoms with Crippen LogP contribution in [-0.4, -0.2) is 61.8 Å². The lowest BCUT2D eigenvalue weighted by molar-refractivity contribution is -0.0155. The molecule has 2 aliphatic heterocycles. The lowest BCUT2D eigenvalue weighted by atomic mass is 9.78. The topological polar surface area (TPSA) is 15.7 Å². The predicted octanol–water partition coefficient (Wildman–Crippen LogP) is 1.44. The van der Waals surface area contributed by atoms with Gasteiger partial charge in [0.2, 0.25) is 0 Å². The van der Waals surface area contributed by atoms with Crippen molar-refractivity contribution in [2.45, 2.75) is 33.2 Å². The molecule has 3 heteroatoms. The van der Waals surface area contributed by atoms with Gasteiger partial charge in [-0.25, -0.2) is 0 Å². The second kappa shape index (κ2) is 5.03. The van der Waals surface area contributed by atoms with E-state index in [9.17, 15) is 0 Å². The maximum absolute atomic E-state index is 5.42. The molecular formula is C13H26N2O. The van der Waals surface area contributed by atoms with Crippen LogP contribution in [0.3, 0.4) is 0 Å². The first-order valence-electron chi connectivity index (χ1n) is 6.69. The van der Waals surface area contributed by atoms with Crippen LogP contribution in [0.15, 0.2) is 0 Å². The number of nitrogens with zero attached hydrogens (tertiary/aromatic N) is 2. The lowest BCUT2D eigenvalue weighted by Gasteiger charge is -2.50. The zero-order chi connectivity index (χ0) is 11.6. The molecule has 2 heterocycles. The lowest BCUT2D eigenvalue weighted by Crippen LogP contribution is -2.59. The van der Waals surface area contributed by atoms with Crippen molar-refractivity contribution in [3.05, 3.63) is 0 Å². The first-order valence-corrected chi connectivity index (χ1v) is 6.69. The Balaban J connectivity index is 1.69. The Hall–Kier alpha value is -0.120. The van der Waals surface area contributed by atoms with Gasteiger partial charge in [-0.05, 0) is 33.7 Å². The highest BCUT2D eigenvalue weighted by Gasteiger charge is 2.47. The van der Waals surface area contributed by atoms with Crippen LogP contribution in [0, 0.1) is 5.41 Å². The Morgan fingerprint density at radius 2 is 2.00 bits per heavy atom. The van der Waals surface area contributed by atoms with Gasteiger partial charge in [0.25, 0.3) is 0 Å². The van der Waals surface area contributed by atoms with Crippen LogP contribution in [0.2, 0.25) is 0 Å². The van der Waals surface area contributed by atoms with Crippen LogP contribution < -0.4 is 0 Å². The molecule has 94 valence electrons. The van der Waals surface area contributed by atoms with E-state index in [1.54, 1.807) is 0 Å². The van der Waals surface area contributed by atoms with Crippen LogP contribution >= 0.6 is 0 Å². The van der Waals surface area contributed by atoms with Crippen molar-refractivity contribution in [3.8, 4) is 0 Å². The van der Waals surface area contributed by atoms with E-state index in [2.05, 4.69) is 30.6 Å². The van der Waals surface area contributed by atoms with Gasteiger partial charge in [0.1, 0.15) is 0 Å². The smallest absolute Gasteiger partial charge is 0.0593 e. The Kier molecular flexibility index (Phi) is 3.88. The van der Waals surface area contributed by atoms with Gasteiger partial charge in [-0.2, -0.15) is 0 Å². The molecule has 0 aromatic rings. The Morgan fingerprint density at radius 3 is 2.62 bits per heavy atom. The summed E-state index contributed by atoms with van der Waals surface area (Å²) in [6, 6.07) is 0.725. The first-order chi connectivity index (χ1) is 7.65. The Morgan fingerprint density at radius 1 is 1.25 bits per heavy atom. The normalized spacial score (nSPS) is 25.5. The van der Waals surface area contributed by atoms with Crippen molar-refractivity contribution < 1.29 is 4.74 Å². The third-order valence-corrected chi connectivity index (χ3v) is 4.08. The summed E-state index contributed by atoms with van der Waals surface area (Å²) >= 11 is 0. The quantitative estimate of drug-likeness (QED) is 0.660. The molecule has 2 saturated heterocycles. The summed E-state index contributed by atoms with van der Waals surface area (Å²) < 4.78 is 5.42. The van der Waals surface area contributed by atoms with Gasteiger partial charge in [0.05, 0.1) is 6.61 Å².